The van der Waals surface area contributed by atoms with Crippen molar-refractivity contribution in [1.82, 2.24) is 20.6 Å². The molecule has 0 saturated carbocycles. The van der Waals surface area contributed by atoms with E-state index in [9.17, 15) is 9.59 Å². The molecule has 0 aliphatic carbocycles. The van der Waals surface area contributed by atoms with Gasteiger partial charge < -0.3 is 20.4 Å². The smallest absolute Gasteiger partial charge is 0.356 e. The Morgan fingerprint density at radius 1 is 1.27 bits per heavy atom. The highest BCUT2D eigenvalue weighted by Crippen LogP contribution is 2.28. The highest BCUT2D eigenvalue weighted by atomic mass is 16.5. The summed E-state index contributed by atoms with van der Waals surface area (Å²) in [5, 5.41) is 6.54. The third-order valence-corrected chi connectivity index (χ3v) is 3.77. The van der Waals surface area contributed by atoms with E-state index in [4.69, 9.17) is 0 Å². The second kappa shape index (κ2) is 5.72. The second-order valence-corrected chi connectivity index (χ2v) is 7.09. The van der Waals surface area contributed by atoms with Crippen LogP contribution in [0.1, 0.15) is 61.5 Å². The first kappa shape index (κ1) is 16.5. The number of carbonyl (C=O) groups is 2. The maximum Gasteiger partial charge on any atom is 0.356 e. The van der Waals surface area contributed by atoms with Crippen molar-refractivity contribution in [3.05, 3.63) is 17.7 Å². The predicted molar refractivity (Wildman–Crippen MR) is 81.7 cm³/mol. The Morgan fingerprint density at radius 3 is 2.41 bits per heavy atom. The van der Waals surface area contributed by atoms with Gasteiger partial charge in [0.2, 0.25) is 0 Å². The molecule has 2 heterocycles. The number of nitrogens with one attached hydrogen (secondary N) is 3. The number of nitrogens with zero attached hydrogens (tertiary/aromatic N) is 1. The number of methoxy groups -OCH3 is 1. The van der Waals surface area contributed by atoms with E-state index < -0.39 is 5.97 Å². The summed E-state index contributed by atoms with van der Waals surface area (Å²) in [6, 6.07) is 0.0148. The molecule has 1 aromatic heterocycles. The van der Waals surface area contributed by atoms with Crippen molar-refractivity contribution in [2.24, 2.45) is 0 Å². The van der Waals surface area contributed by atoms with Crippen molar-refractivity contribution in [3.8, 4) is 0 Å². The number of ether oxygens (including phenoxy) is 1. The Bertz CT molecular complexity index is 561. The van der Waals surface area contributed by atoms with Gasteiger partial charge in [0, 0.05) is 17.1 Å². The predicted octanol–water partition coefficient (Wildman–Crippen LogP) is 1.24. The Morgan fingerprint density at radius 2 is 1.86 bits per heavy atom. The molecule has 1 amide bonds. The van der Waals surface area contributed by atoms with Gasteiger partial charge in [-0.2, -0.15) is 0 Å². The molecule has 0 radical (unpaired) electrons. The molecule has 1 saturated heterocycles. The van der Waals surface area contributed by atoms with E-state index >= 15 is 0 Å². The number of esters is 1. The Kier molecular flexibility index (Phi) is 4.28. The number of rotatable bonds is 3. The SMILES string of the molecule is COC(=O)c1[nH]cnc1C(=O)NC1CC(C)(C)NC(C)(C)C1. The lowest BCUT2D eigenvalue weighted by Crippen LogP contribution is -2.62. The van der Waals surface area contributed by atoms with Crippen molar-refractivity contribution < 1.29 is 14.3 Å². The van der Waals surface area contributed by atoms with Gasteiger partial charge >= 0.3 is 5.97 Å². The van der Waals surface area contributed by atoms with Crippen molar-refractivity contribution in [2.75, 3.05) is 7.11 Å². The summed E-state index contributed by atoms with van der Waals surface area (Å²) in [6.07, 6.45) is 2.93. The van der Waals surface area contributed by atoms with Crippen LogP contribution >= 0.6 is 0 Å². The Labute approximate surface area is 130 Å². The highest BCUT2D eigenvalue weighted by Gasteiger charge is 2.38. The third kappa shape index (κ3) is 3.65. The zero-order valence-corrected chi connectivity index (χ0v) is 13.7. The fourth-order valence-electron chi connectivity index (χ4n) is 3.40. The number of aromatic nitrogens is 2. The van der Waals surface area contributed by atoms with Gasteiger partial charge in [0.1, 0.15) is 0 Å². The number of amides is 1. The normalized spacial score (nSPS) is 20.4. The van der Waals surface area contributed by atoms with Crippen LogP contribution in [0.25, 0.3) is 0 Å². The molecule has 0 atom stereocenters. The van der Waals surface area contributed by atoms with Crippen LogP contribution in [0.2, 0.25) is 0 Å². The highest BCUT2D eigenvalue weighted by molar-refractivity contribution is 6.02. The summed E-state index contributed by atoms with van der Waals surface area (Å²) >= 11 is 0. The van der Waals surface area contributed by atoms with Gasteiger partial charge in [-0.15, -0.1) is 0 Å². The van der Waals surface area contributed by atoms with Gasteiger partial charge in [-0.25, -0.2) is 9.78 Å². The van der Waals surface area contributed by atoms with Gasteiger partial charge in [-0.1, -0.05) is 0 Å². The second-order valence-electron chi connectivity index (χ2n) is 7.09. The van der Waals surface area contributed by atoms with E-state index in [1.165, 1.54) is 13.4 Å². The first-order chi connectivity index (χ1) is 10.1. The lowest BCUT2D eigenvalue weighted by atomic mass is 9.79. The van der Waals surface area contributed by atoms with Crippen LogP contribution in [0.3, 0.4) is 0 Å². The quantitative estimate of drug-likeness (QED) is 0.730. The number of piperidine rings is 1. The molecule has 1 aliphatic rings. The minimum atomic E-state index is -0.603. The molecule has 1 fully saturated rings. The van der Waals surface area contributed by atoms with Crippen LogP contribution in [0.5, 0.6) is 0 Å². The fourth-order valence-corrected chi connectivity index (χ4v) is 3.40. The molecule has 0 aromatic carbocycles. The van der Waals surface area contributed by atoms with E-state index in [1.807, 2.05) is 0 Å². The first-order valence-corrected chi connectivity index (χ1v) is 7.35. The number of carbonyl (C=O) groups excluding carboxylic acids is 2. The van der Waals surface area contributed by atoms with Gasteiger partial charge in [0.25, 0.3) is 5.91 Å². The monoisotopic (exact) mass is 308 g/mol. The van der Waals surface area contributed by atoms with Gasteiger partial charge in [0.15, 0.2) is 11.4 Å². The van der Waals surface area contributed by atoms with Crippen molar-refractivity contribution in [2.45, 2.75) is 57.7 Å². The lowest BCUT2D eigenvalue weighted by Gasteiger charge is -2.46. The lowest BCUT2D eigenvalue weighted by molar-refractivity contribution is 0.0588. The average molecular weight is 308 g/mol. The minimum Gasteiger partial charge on any atom is -0.464 e. The van der Waals surface area contributed by atoms with E-state index in [0.29, 0.717) is 0 Å². The van der Waals surface area contributed by atoms with Crippen LogP contribution < -0.4 is 10.6 Å². The number of hydrogen-bond donors (Lipinski definition) is 3. The molecule has 0 spiro atoms. The molecular formula is C15H24N4O3. The van der Waals surface area contributed by atoms with E-state index in [0.717, 1.165) is 12.8 Å². The molecular weight excluding hydrogens is 284 g/mol. The fraction of sp³-hybridized carbons (Fsp3) is 0.667. The van der Waals surface area contributed by atoms with Crippen molar-refractivity contribution in [1.29, 1.82) is 0 Å². The molecule has 7 nitrogen and oxygen atoms in total. The molecule has 122 valence electrons. The van der Waals surface area contributed by atoms with Crippen LogP contribution in [-0.4, -0.2) is 46.1 Å². The third-order valence-electron chi connectivity index (χ3n) is 3.77. The minimum absolute atomic E-state index is 0.0148. The largest absolute Gasteiger partial charge is 0.464 e. The standard InChI is InChI=1S/C15H24N4O3/c1-14(2)6-9(7-15(3,4)19-14)18-12(20)10-11(13(21)22-5)17-8-16-10/h8-9,19H,6-7H2,1-5H3,(H,16,17)(H,18,20). The van der Waals surface area contributed by atoms with Crippen LogP contribution in [-0.2, 0) is 4.74 Å². The van der Waals surface area contributed by atoms with Gasteiger partial charge in [-0.3, -0.25) is 4.79 Å². The zero-order chi connectivity index (χ0) is 16.5. The van der Waals surface area contributed by atoms with Crippen LogP contribution in [0, 0.1) is 0 Å². The Balaban J connectivity index is 2.12. The zero-order valence-electron chi connectivity index (χ0n) is 13.7. The number of H-pyrrole nitrogens is 1. The van der Waals surface area contributed by atoms with Crippen molar-refractivity contribution >= 4 is 11.9 Å². The summed E-state index contributed by atoms with van der Waals surface area (Å²) in [4.78, 5) is 30.6. The summed E-state index contributed by atoms with van der Waals surface area (Å²) in [5.41, 5.74) is 0.000781. The van der Waals surface area contributed by atoms with Crippen LogP contribution in [0.15, 0.2) is 6.33 Å². The summed E-state index contributed by atoms with van der Waals surface area (Å²) in [5.74, 6) is -0.964. The molecule has 1 aromatic rings. The molecule has 1 aliphatic heterocycles. The summed E-state index contributed by atoms with van der Waals surface area (Å²) in [7, 11) is 1.27. The maximum atomic E-state index is 12.4. The average Bonchev–Trinajstić information content (AvgIpc) is 2.82. The topological polar surface area (TPSA) is 96.1 Å². The molecule has 22 heavy (non-hydrogen) atoms. The van der Waals surface area contributed by atoms with E-state index in [2.05, 4.69) is 53.0 Å². The Hall–Kier alpha value is -1.89. The maximum absolute atomic E-state index is 12.4. The first-order valence-electron chi connectivity index (χ1n) is 7.35. The van der Waals surface area contributed by atoms with E-state index in [1.54, 1.807) is 0 Å². The number of imidazole rings is 1. The molecule has 0 unspecified atom stereocenters. The molecule has 3 N–H and O–H groups in total. The summed E-state index contributed by atoms with van der Waals surface area (Å²) in [6.45, 7) is 8.45. The van der Waals surface area contributed by atoms with Crippen molar-refractivity contribution in [3.63, 3.8) is 0 Å². The molecule has 7 heteroatoms. The van der Waals surface area contributed by atoms with Crippen LogP contribution in [0.4, 0.5) is 0 Å². The number of hydrogen-bond acceptors (Lipinski definition) is 5. The van der Waals surface area contributed by atoms with Gasteiger partial charge in [0.05, 0.1) is 13.4 Å². The molecule has 0 bridgehead atoms. The molecule has 2 rings (SSSR count). The van der Waals surface area contributed by atoms with E-state index in [-0.39, 0.29) is 34.4 Å². The number of aromatic amines is 1. The van der Waals surface area contributed by atoms with Gasteiger partial charge in [-0.05, 0) is 40.5 Å². The summed E-state index contributed by atoms with van der Waals surface area (Å²) < 4.78 is 4.64.